The molecule has 2 aromatic heterocycles. The number of hydrogen-bond donors (Lipinski definition) is 2. The first-order chi connectivity index (χ1) is 22.5. The van der Waals surface area contributed by atoms with Crippen molar-refractivity contribution in [3.05, 3.63) is 81.8 Å². The Morgan fingerprint density at radius 1 is 0.604 bits per heavy atom. The molecule has 0 saturated carbocycles. The van der Waals surface area contributed by atoms with Crippen LogP contribution in [0, 0.1) is 0 Å². The molecule has 0 amide bonds. The lowest BCUT2D eigenvalue weighted by Crippen LogP contribution is -2.40. The maximum atomic E-state index is 12.7. The van der Waals surface area contributed by atoms with Crippen molar-refractivity contribution in [1.29, 1.82) is 0 Å². The van der Waals surface area contributed by atoms with Crippen molar-refractivity contribution in [2.45, 2.75) is 77.0 Å². The molecule has 0 saturated heterocycles. The SMILES string of the molecule is COc1nc(-c2cccc(-c3cccc(-c4ccc(C(C)N[S@+]([O-])C(C)(C)C)c(OC)n4)c3Cl)c2Cl)ccc1C(C)N[S@+]([O-])C(C)(C)C. The minimum atomic E-state index is -1.27. The van der Waals surface area contributed by atoms with Gasteiger partial charge >= 0.3 is 0 Å². The molecular formula is C36H44Cl2N4O4S2. The van der Waals surface area contributed by atoms with Crippen molar-refractivity contribution in [3.63, 3.8) is 0 Å². The fraction of sp³-hybridized carbons (Fsp3) is 0.389. The fourth-order valence-electron chi connectivity index (χ4n) is 4.87. The van der Waals surface area contributed by atoms with Gasteiger partial charge in [0.25, 0.3) is 0 Å². The summed E-state index contributed by atoms with van der Waals surface area (Å²) in [5.41, 5.74) is 5.68. The summed E-state index contributed by atoms with van der Waals surface area (Å²) in [6.07, 6.45) is 0. The van der Waals surface area contributed by atoms with Gasteiger partial charge in [-0.1, -0.05) is 59.6 Å². The zero-order valence-electron chi connectivity index (χ0n) is 29.0. The fourth-order valence-corrected chi connectivity index (χ4v) is 7.12. The summed E-state index contributed by atoms with van der Waals surface area (Å²) in [7, 11) is 3.12. The van der Waals surface area contributed by atoms with Crippen molar-refractivity contribution in [1.82, 2.24) is 19.4 Å². The van der Waals surface area contributed by atoms with Gasteiger partial charge in [0.05, 0.1) is 47.7 Å². The minimum absolute atomic E-state index is 0.266. The molecule has 4 rings (SSSR count). The minimum Gasteiger partial charge on any atom is -0.598 e. The summed E-state index contributed by atoms with van der Waals surface area (Å²) in [6.45, 7) is 15.4. The summed E-state index contributed by atoms with van der Waals surface area (Å²) in [4.78, 5) is 9.56. The number of pyridine rings is 2. The van der Waals surface area contributed by atoms with E-state index in [1.54, 1.807) is 14.2 Å². The van der Waals surface area contributed by atoms with Crippen LogP contribution < -0.4 is 18.9 Å². The molecule has 4 aromatic rings. The van der Waals surface area contributed by atoms with Crippen LogP contribution in [0.15, 0.2) is 60.7 Å². The molecule has 0 aliphatic rings. The number of rotatable bonds is 11. The maximum absolute atomic E-state index is 12.7. The smallest absolute Gasteiger partial charge is 0.218 e. The van der Waals surface area contributed by atoms with E-state index in [1.165, 1.54) is 0 Å². The third kappa shape index (κ3) is 8.60. The molecule has 48 heavy (non-hydrogen) atoms. The summed E-state index contributed by atoms with van der Waals surface area (Å²) >= 11 is 11.6. The lowest BCUT2D eigenvalue weighted by molar-refractivity contribution is 0.388. The topological polar surface area (TPSA) is 114 Å². The summed E-state index contributed by atoms with van der Waals surface area (Å²) in [5.74, 6) is 0.829. The van der Waals surface area contributed by atoms with Crippen LogP contribution in [0.3, 0.4) is 0 Å². The van der Waals surface area contributed by atoms with Crippen LogP contribution in [0.1, 0.15) is 78.6 Å². The molecule has 0 radical (unpaired) electrons. The second-order valence-corrected chi connectivity index (χ2v) is 18.1. The number of methoxy groups -OCH3 is 2. The third-order valence-electron chi connectivity index (χ3n) is 7.62. The Balaban J connectivity index is 1.68. The molecule has 8 nitrogen and oxygen atoms in total. The molecule has 258 valence electrons. The molecule has 0 aliphatic carbocycles. The van der Waals surface area contributed by atoms with Gasteiger partial charge in [-0.05, 0) is 79.7 Å². The Kier molecular flexibility index (Phi) is 12.4. The van der Waals surface area contributed by atoms with Crippen molar-refractivity contribution < 1.29 is 18.6 Å². The third-order valence-corrected chi connectivity index (χ3v) is 11.8. The van der Waals surface area contributed by atoms with E-state index >= 15 is 0 Å². The summed E-state index contributed by atoms with van der Waals surface area (Å²) in [5, 5.41) is 0.956. The normalized spacial score (nSPS) is 14.7. The van der Waals surface area contributed by atoms with E-state index in [-0.39, 0.29) is 12.1 Å². The summed E-state index contributed by atoms with van der Waals surface area (Å²) in [6, 6.07) is 18.5. The number of hydrogen-bond acceptors (Lipinski definition) is 8. The average molecular weight is 732 g/mol. The molecule has 0 fully saturated rings. The Labute approximate surface area is 301 Å². The Hall–Kier alpha value is -2.54. The molecule has 2 heterocycles. The van der Waals surface area contributed by atoms with Crippen molar-refractivity contribution in [3.8, 4) is 45.4 Å². The average Bonchev–Trinajstić information content (AvgIpc) is 3.03. The highest BCUT2D eigenvalue weighted by molar-refractivity contribution is 7.91. The van der Waals surface area contributed by atoms with Gasteiger partial charge in [-0.15, -0.1) is 9.44 Å². The Morgan fingerprint density at radius 3 is 1.25 bits per heavy atom. The van der Waals surface area contributed by atoms with Crippen LogP contribution in [-0.2, 0) is 22.7 Å². The highest BCUT2D eigenvalue weighted by Crippen LogP contribution is 2.43. The standard InChI is InChI=1S/C36H44Cl2N4O4S2/c1-21(41-47(43)35(3,4)5)23-17-19-29(39-33(23)45-9)27-15-11-13-25(31(27)37)26-14-12-16-28(32(26)38)30-20-18-24(34(40-30)46-10)22(2)42-48(44)36(6,7)8/h11-22,41-42H,1-10H3/t21?,22?,47-,48-/m1/s1. The monoisotopic (exact) mass is 730 g/mol. The van der Waals surface area contributed by atoms with Crippen molar-refractivity contribution >= 4 is 45.9 Å². The first kappa shape index (κ1) is 38.3. The highest BCUT2D eigenvalue weighted by atomic mass is 35.5. The Bertz CT molecular complexity index is 1620. The zero-order valence-corrected chi connectivity index (χ0v) is 32.2. The van der Waals surface area contributed by atoms with Gasteiger partial charge < -0.3 is 18.6 Å². The van der Waals surface area contributed by atoms with Gasteiger partial charge in [0.15, 0.2) is 0 Å². The van der Waals surface area contributed by atoms with Gasteiger partial charge in [-0.25, -0.2) is 9.97 Å². The second kappa shape index (κ2) is 15.6. The number of nitrogens with one attached hydrogen (secondary N) is 2. The lowest BCUT2D eigenvalue weighted by Gasteiger charge is -2.27. The number of ether oxygens (including phenoxy) is 2. The van der Waals surface area contributed by atoms with E-state index in [0.29, 0.717) is 44.3 Å². The quantitative estimate of drug-likeness (QED) is 0.147. The molecule has 0 spiro atoms. The summed E-state index contributed by atoms with van der Waals surface area (Å²) < 4.78 is 42.2. The predicted octanol–water partition coefficient (Wildman–Crippen LogP) is 9.03. The van der Waals surface area contributed by atoms with E-state index in [0.717, 1.165) is 22.3 Å². The number of nitrogens with zero attached hydrogens (tertiary/aromatic N) is 2. The van der Waals surface area contributed by atoms with Crippen LogP contribution in [0.4, 0.5) is 0 Å². The largest absolute Gasteiger partial charge is 0.598 e. The maximum Gasteiger partial charge on any atom is 0.218 e. The van der Waals surface area contributed by atoms with Gasteiger partial charge in [0.2, 0.25) is 11.8 Å². The first-order valence-electron chi connectivity index (χ1n) is 15.5. The first-order valence-corrected chi connectivity index (χ1v) is 18.6. The molecule has 4 atom stereocenters. The van der Waals surface area contributed by atoms with Gasteiger partial charge in [-0.3, -0.25) is 0 Å². The van der Waals surface area contributed by atoms with E-state index in [9.17, 15) is 9.11 Å². The van der Waals surface area contributed by atoms with Crippen LogP contribution in [-0.4, -0.2) is 42.8 Å². The van der Waals surface area contributed by atoms with Crippen LogP contribution in [0.5, 0.6) is 11.8 Å². The van der Waals surface area contributed by atoms with E-state index in [4.69, 9.17) is 42.6 Å². The molecule has 2 aromatic carbocycles. The van der Waals surface area contributed by atoms with E-state index in [1.807, 2.05) is 116 Å². The number of aromatic nitrogens is 2. The zero-order chi connectivity index (χ0) is 35.6. The Morgan fingerprint density at radius 2 is 0.938 bits per heavy atom. The molecule has 0 bridgehead atoms. The second-order valence-electron chi connectivity index (χ2n) is 13.4. The van der Waals surface area contributed by atoms with Gasteiger partial charge in [-0.2, -0.15) is 0 Å². The molecular weight excluding hydrogens is 687 g/mol. The molecule has 2 unspecified atom stereocenters. The lowest BCUT2D eigenvalue weighted by atomic mass is 9.97. The molecule has 12 heteroatoms. The predicted molar refractivity (Wildman–Crippen MR) is 200 cm³/mol. The molecule has 2 N–H and O–H groups in total. The van der Waals surface area contributed by atoms with Crippen molar-refractivity contribution in [2.75, 3.05) is 14.2 Å². The number of halogens is 2. The van der Waals surface area contributed by atoms with Gasteiger partial charge in [0.1, 0.15) is 9.49 Å². The number of benzene rings is 2. The van der Waals surface area contributed by atoms with E-state index in [2.05, 4.69) is 9.44 Å². The van der Waals surface area contributed by atoms with Crippen molar-refractivity contribution in [2.24, 2.45) is 0 Å². The van der Waals surface area contributed by atoms with Crippen LogP contribution >= 0.6 is 23.2 Å². The van der Waals surface area contributed by atoms with E-state index < -0.39 is 32.2 Å². The highest BCUT2D eigenvalue weighted by Gasteiger charge is 2.31. The van der Waals surface area contributed by atoms with Crippen LogP contribution in [0.25, 0.3) is 33.6 Å². The van der Waals surface area contributed by atoms with Crippen LogP contribution in [0.2, 0.25) is 10.0 Å². The van der Waals surface area contributed by atoms with Gasteiger partial charge in [0, 0.05) is 56.1 Å². The molecule has 0 aliphatic heterocycles.